The highest BCUT2D eigenvalue weighted by Gasteiger charge is 2.20. The minimum absolute atomic E-state index is 0.0162. The molecule has 2 aromatic carbocycles. The first-order valence-corrected chi connectivity index (χ1v) is 10.3. The number of nitrogens with one attached hydrogen (secondary N) is 2. The van der Waals surface area contributed by atoms with Crippen LogP contribution in [0.2, 0.25) is 0 Å². The number of rotatable bonds is 8. The molecule has 0 radical (unpaired) electrons. The summed E-state index contributed by atoms with van der Waals surface area (Å²) in [4.78, 5) is 2.09. The van der Waals surface area contributed by atoms with E-state index in [0.29, 0.717) is 30.2 Å². The van der Waals surface area contributed by atoms with Gasteiger partial charge in [0.1, 0.15) is 30.0 Å². The number of hydrogen-bond donors (Lipinski definition) is 4. The van der Waals surface area contributed by atoms with E-state index in [-0.39, 0.29) is 18.0 Å². The van der Waals surface area contributed by atoms with Crippen molar-refractivity contribution in [3.05, 3.63) is 59.7 Å². The maximum absolute atomic E-state index is 7.71. The van der Waals surface area contributed by atoms with Crippen LogP contribution < -0.4 is 20.9 Å². The predicted molar refractivity (Wildman–Crippen MR) is 120 cm³/mol. The highest BCUT2D eigenvalue weighted by molar-refractivity contribution is 5.95. The maximum Gasteiger partial charge on any atom is 0.122 e. The molecule has 0 bridgehead atoms. The van der Waals surface area contributed by atoms with E-state index >= 15 is 0 Å². The molecular formula is C23H31N5O2. The largest absolute Gasteiger partial charge is 0.492 e. The van der Waals surface area contributed by atoms with Crippen molar-refractivity contribution in [3.8, 4) is 11.5 Å². The van der Waals surface area contributed by atoms with Crippen molar-refractivity contribution < 1.29 is 9.47 Å². The van der Waals surface area contributed by atoms with Crippen molar-refractivity contribution >= 4 is 11.7 Å². The highest BCUT2D eigenvalue weighted by Crippen LogP contribution is 2.20. The molecule has 1 atom stereocenters. The molecule has 0 aromatic heterocycles. The van der Waals surface area contributed by atoms with Gasteiger partial charge in [-0.2, -0.15) is 0 Å². The van der Waals surface area contributed by atoms with Gasteiger partial charge in [-0.05, 0) is 43.2 Å². The van der Waals surface area contributed by atoms with E-state index in [1.54, 1.807) is 12.1 Å². The Bertz CT molecular complexity index is 860. The molecule has 0 unspecified atom stereocenters. The fourth-order valence-corrected chi connectivity index (χ4v) is 3.52. The van der Waals surface area contributed by atoms with Gasteiger partial charge in [0.25, 0.3) is 0 Å². The van der Waals surface area contributed by atoms with Crippen LogP contribution in [0, 0.1) is 10.8 Å². The van der Waals surface area contributed by atoms with Crippen LogP contribution in [-0.2, 0) is 6.42 Å². The molecule has 1 aliphatic heterocycles. The van der Waals surface area contributed by atoms with Gasteiger partial charge in [-0.3, -0.25) is 10.8 Å². The quantitative estimate of drug-likeness (QED) is 0.394. The fraction of sp³-hybridized carbons (Fsp3) is 0.391. The molecule has 160 valence electrons. The molecule has 0 amide bonds. The molecule has 0 aliphatic carbocycles. The molecule has 0 saturated carbocycles. The van der Waals surface area contributed by atoms with Gasteiger partial charge in [-0.25, -0.2) is 0 Å². The van der Waals surface area contributed by atoms with Crippen molar-refractivity contribution in [2.45, 2.75) is 38.3 Å². The maximum atomic E-state index is 7.71. The first-order chi connectivity index (χ1) is 14.4. The second-order valence-electron chi connectivity index (χ2n) is 7.75. The summed E-state index contributed by atoms with van der Waals surface area (Å²) in [5, 5.41) is 15.2. The van der Waals surface area contributed by atoms with Gasteiger partial charge in [0.2, 0.25) is 0 Å². The zero-order valence-corrected chi connectivity index (χ0v) is 17.4. The molecule has 0 spiro atoms. The van der Waals surface area contributed by atoms with Crippen LogP contribution in [0.3, 0.4) is 0 Å². The molecule has 6 N–H and O–H groups in total. The van der Waals surface area contributed by atoms with E-state index < -0.39 is 0 Å². The summed E-state index contributed by atoms with van der Waals surface area (Å²) in [5.74, 6) is 2.17. The van der Waals surface area contributed by atoms with E-state index in [4.69, 9.17) is 31.8 Å². The van der Waals surface area contributed by atoms with E-state index in [1.807, 2.05) is 43.3 Å². The number of amidine groups is 2. The lowest BCUT2D eigenvalue weighted by atomic mass is 10.1. The lowest BCUT2D eigenvalue weighted by Gasteiger charge is -2.32. The highest BCUT2D eigenvalue weighted by atomic mass is 16.5. The topological polar surface area (TPSA) is 121 Å². The number of benzene rings is 2. The summed E-state index contributed by atoms with van der Waals surface area (Å²) >= 11 is 0. The predicted octanol–water partition coefficient (Wildman–Crippen LogP) is 2.76. The molecular weight excluding hydrogens is 378 g/mol. The second-order valence-corrected chi connectivity index (χ2v) is 7.75. The van der Waals surface area contributed by atoms with Crippen LogP contribution in [0.1, 0.15) is 30.9 Å². The number of nitrogens with zero attached hydrogens (tertiary/aromatic N) is 1. The fourth-order valence-electron chi connectivity index (χ4n) is 3.52. The van der Waals surface area contributed by atoms with Crippen molar-refractivity contribution in [2.24, 2.45) is 11.5 Å². The van der Waals surface area contributed by atoms with Gasteiger partial charge in [-0.15, -0.1) is 0 Å². The first kappa shape index (κ1) is 21.6. The van der Waals surface area contributed by atoms with Crippen LogP contribution in [0.15, 0.2) is 48.5 Å². The Hall–Kier alpha value is -3.06. The van der Waals surface area contributed by atoms with Crippen molar-refractivity contribution in [1.29, 1.82) is 10.8 Å². The zero-order valence-electron chi connectivity index (χ0n) is 17.4. The molecule has 1 fully saturated rings. The van der Waals surface area contributed by atoms with Gasteiger partial charge in [0, 0.05) is 37.5 Å². The second kappa shape index (κ2) is 10.1. The molecule has 7 heteroatoms. The summed E-state index contributed by atoms with van der Waals surface area (Å²) in [7, 11) is 0. The first-order valence-electron chi connectivity index (χ1n) is 10.3. The number of likely N-dealkylation sites (tertiary alicyclic amines) is 1. The minimum Gasteiger partial charge on any atom is -0.492 e. The Labute approximate surface area is 178 Å². The summed E-state index contributed by atoms with van der Waals surface area (Å²) in [6.07, 6.45) is 2.77. The van der Waals surface area contributed by atoms with Crippen LogP contribution >= 0.6 is 0 Å². The normalized spacial score (nSPS) is 15.5. The minimum atomic E-state index is -0.147. The third-order valence-corrected chi connectivity index (χ3v) is 5.25. The molecule has 3 rings (SSSR count). The van der Waals surface area contributed by atoms with E-state index in [1.165, 1.54) is 0 Å². The van der Waals surface area contributed by atoms with Crippen molar-refractivity contribution in [1.82, 2.24) is 4.90 Å². The Morgan fingerprint density at radius 3 is 2.43 bits per heavy atom. The Morgan fingerprint density at radius 2 is 1.80 bits per heavy atom. The molecule has 7 nitrogen and oxygen atoms in total. The van der Waals surface area contributed by atoms with Crippen molar-refractivity contribution in [3.63, 3.8) is 0 Å². The van der Waals surface area contributed by atoms with Crippen LogP contribution in [0.5, 0.6) is 11.5 Å². The number of hydrogen-bond acceptors (Lipinski definition) is 5. The average Bonchev–Trinajstić information content (AvgIpc) is 2.74. The number of piperidine rings is 1. The third-order valence-electron chi connectivity index (χ3n) is 5.25. The van der Waals surface area contributed by atoms with Gasteiger partial charge < -0.3 is 25.8 Å². The number of nitrogen functional groups attached to an aromatic ring is 1. The summed E-state index contributed by atoms with van der Waals surface area (Å²) in [5.41, 5.74) is 13.5. The molecule has 1 saturated heterocycles. The summed E-state index contributed by atoms with van der Waals surface area (Å²) < 4.78 is 11.9. The van der Waals surface area contributed by atoms with E-state index in [0.717, 1.165) is 37.2 Å². The zero-order chi connectivity index (χ0) is 21.5. The van der Waals surface area contributed by atoms with Crippen LogP contribution in [0.4, 0.5) is 0 Å². The molecule has 1 aliphatic rings. The average molecular weight is 410 g/mol. The van der Waals surface area contributed by atoms with Crippen LogP contribution in [-0.4, -0.2) is 48.4 Å². The molecule has 2 aromatic rings. The number of nitrogens with two attached hydrogens (primary N) is 2. The van der Waals surface area contributed by atoms with Crippen LogP contribution in [0.25, 0.3) is 0 Å². The summed E-state index contributed by atoms with van der Waals surface area (Å²) in [6.45, 7) is 3.97. The van der Waals surface area contributed by atoms with E-state index in [9.17, 15) is 0 Å². The van der Waals surface area contributed by atoms with Gasteiger partial charge in [-0.1, -0.05) is 24.3 Å². The number of ether oxygens (including phenoxy) is 2. The Kier molecular flexibility index (Phi) is 7.30. The van der Waals surface area contributed by atoms with Gasteiger partial charge in [0.15, 0.2) is 0 Å². The van der Waals surface area contributed by atoms with Crippen molar-refractivity contribution in [2.75, 3.05) is 19.7 Å². The lowest BCUT2D eigenvalue weighted by molar-refractivity contribution is 0.130. The lowest BCUT2D eigenvalue weighted by Crippen LogP contribution is -2.40. The standard InChI is InChI=1S/C23H31N5O2/c1-16(24)28-11-9-21(10-12-28)30-20-7-5-17(6-8-20)13-19(25)15-29-22-4-2-3-18(14-22)23(26)27/h2-8,14,19,21,24H,9-13,15,25H2,1H3,(H3,26,27)/t19-/m0/s1. The smallest absolute Gasteiger partial charge is 0.122 e. The monoisotopic (exact) mass is 409 g/mol. The SMILES string of the molecule is CC(=N)N1CCC(Oc2ccc(C[C@H](N)COc3cccc(C(=N)N)c3)cc2)CC1. The molecule has 30 heavy (non-hydrogen) atoms. The van der Waals surface area contributed by atoms with Gasteiger partial charge >= 0.3 is 0 Å². The molecule has 1 heterocycles. The Morgan fingerprint density at radius 1 is 1.10 bits per heavy atom. The third kappa shape index (κ3) is 6.22. The summed E-state index contributed by atoms with van der Waals surface area (Å²) in [6, 6.07) is 15.1. The van der Waals surface area contributed by atoms with Gasteiger partial charge in [0.05, 0.1) is 5.84 Å². The van der Waals surface area contributed by atoms with E-state index in [2.05, 4.69) is 4.90 Å². The Balaban J connectivity index is 1.44.